The molecular weight excluding hydrogens is 265 g/mol. The molecule has 1 aromatic rings. The Balaban J connectivity index is 1.96. The van der Waals surface area contributed by atoms with Crippen molar-refractivity contribution >= 4 is 17.4 Å². The van der Waals surface area contributed by atoms with Crippen molar-refractivity contribution in [2.45, 2.75) is 26.2 Å². The quantitative estimate of drug-likeness (QED) is 0.843. The molecular formula is C14H21ClFN3. The summed E-state index contributed by atoms with van der Waals surface area (Å²) in [5.74, 6) is 0.677. The number of hydrogen-bond donors (Lipinski definition) is 1. The molecule has 2 rings (SSSR count). The molecule has 1 fully saturated rings. The van der Waals surface area contributed by atoms with Crippen molar-refractivity contribution in [3.63, 3.8) is 0 Å². The Morgan fingerprint density at radius 3 is 3.16 bits per heavy atom. The Morgan fingerprint density at radius 2 is 2.42 bits per heavy atom. The van der Waals surface area contributed by atoms with Crippen LogP contribution < -0.4 is 10.2 Å². The summed E-state index contributed by atoms with van der Waals surface area (Å²) in [6, 6.07) is 1.34. The number of rotatable bonds is 5. The van der Waals surface area contributed by atoms with Crippen LogP contribution in [0.25, 0.3) is 0 Å². The number of nitrogens with zero attached hydrogens (tertiary/aromatic N) is 2. The lowest BCUT2D eigenvalue weighted by atomic mass is 9.98. The van der Waals surface area contributed by atoms with Crippen molar-refractivity contribution in [1.29, 1.82) is 0 Å². The van der Waals surface area contributed by atoms with E-state index in [1.54, 1.807) is 0 Å². The zero-order valence-corrected chi connectivity index (χ0v) is 12.1. The Morgan fingerprint density at radius 1 is 1.58 bits per heavy atom. The van der Waals surface area contributed by atoms with Crippen LogP contribution in [-0.2, 0) is 0 Å². The van der Waals surface area contributed by atoms with Crippen LogP contribution in [-0.4, -0.2) is 31.2 Å². The van der Waals surface area contributed by atoms with Crippen LogP contribution >= 0.6 is 11.6 Å². The average Bonchev–Trinajstić information content (AvgIpc) is 2.39. The van der Waals surface area contributed by atoms with Crippen molar-refractivity contribution in [2.24, 2.45) is 5.92 Å². The van der Waals surface area contributed by atoms with Gasteiger partial charge in [-0.1, -0.05) is 18.5 Å². The second kappa shape index (κ2) is 7.06. The number of anilines is 1. The van der Waals surface area contributed by atoms with Crippen LogP contribution in [0.5, 0.6) is 0 Å². The van der Waals surface area contributed by atoms with Crippen LogP contribution in [0.2, 0.25) is 5.02 Å². The first-order valence-electron chi connectivity index (χ1n) is 6.97. The number of halogens is 2. The molecule has 1 aromatic heterocycles. The molecule has 3 nitrogen and oxygen atoms in total. The summed E-state index contributed by atoms with van der Waals surface area (Å²) in [6.45, 7) is 5.94. The van der Waals surface area contributed by atoms with Crippen LogP contribution in [0.15, 0.2) is 12.3 Å². The van der Waals surface area contributed by atoms with E-state index in [1.807, 2.05) is 4.90 Å². The third kappa shape index (κ3) is 4.05. The van der Waals surface area contributed by atoms with Crippen molar-refractivity contribution in [2.75, 3.05) is 31.1 Å². The standard InChI is InChI=1S/C14H21ClFN3/c1-2-5-17-8-11-4-3-6-19(10-11)14-13(16)7-12(15)9-18-14/h7,9,11,17H,2-6,8,10H2,1H3. The van der Waals surface area contributed by atoms with E-state index < -0.39 is 0 Å². The third-order valence-electron chi connectivity index (χ3n) is 3.47. The van der Waals surface area contributed by atoms with Gasteiger partial charge in [-0.3, -0.25) is 0 Å². The Kier molecular flexibility index (Phi) is 5.40. The Bertz CT molecular complexity index is 414. The maximum Gasteiger partial charge on any atom is 0.167 e. The second-order valence-electron chi connectivity index (χ2n) is 5.12. The van der Waals surface area contributed by atoms with E-state index in [9.17, 15) is 4.39 Å². The summed E-state index contributed by atoms with van der Waals surface area (Å²) in [6.07, 6.45) is 4.94. The summed E-state index contributed by atoms with van der Waals surface area (Å²) >= 11 is 5.74. The first kappa shape index (κ1) is 14.5. The van der Waals surface area contributed by atoms with Crippen LogP contribution in [0.4, 0.5) is 10.2 Å². The molecule has 1 aliphatic rings. The van der Waals surface area contributed by atoms with E-state index in [0.29, 0.717) is 16.8 Å². The number of piperidine rings is 1. The fourth-order valence-electron chi connectivity index (χ4n) is 2.55. The summed E-state index contributed by atoms with van der Waals surface area (Å²) in [7, 11) is 0. The number of hydrogen-bond acceptors (Lipinski definition) is 3. The number of aromatic nitrogens is 1. The van der Waals surface area contributed by atoms with Crippen LogP contribution in [0.3, 0.4) is 0 Å². The van der Waals surface area contributed by atoms with Gasteiger partial charge >= 0.3 is 0 Å². The molecule has 0 amide bonds. The molecule has 0 saturated carbocycles. The van der Waals surface area contributed by atoms with Gasteiger partial charge < -0.3 is 10.2 Å². The van der Waals surface area contributed by atoms with Gasteiger partial charge in [0, 0.05) is 19.3 Å². The van der Waals surface area contributed by atoms with Gasteiger partial charge in [-0.15, -0.1) is 0 Å². The summed E-state index contributed by atoms with van der Waals surface area (Å²) in [4.78, 5) is 6.17. The zero-order valence-electron chi connectivity index (χ0n) is 11.3. The van der Waals surface area contributed by atoms with E-state index >= 15 is 0 Å². The van der Waals surface area contributed by atoms with Gasteiger partial charge in [0.05, 0.1) is 5.02 Å². The molecule has 0 spiro atoms. The third-order valence-corrected chi connectivity index (χ3v) is 3.67. The van der Waals surface area contributed by atoms with Gasteiger partial charge in [-0.25, -0.2) is 9.37 Å². The van der Waals surface area contributed by atoms with Crippen molar-refractivity contribution in [1.82, 2.24) is 10.3 Å². The minimum absolute atomic E-state index is 0.324. The van der Waals surface area contributed by atoms with E-state index in [1.165, 1.54) is 18.7 Å². The minimum atomic E-state index is -0.324. The molecule has 19 heavy (non-hydrogen) atoms. The average molecular weight is 286 g/mol. The molecule has 1 aliphatic heterocycles. The largest absolute Gasteiger partial charge is 0.354 e. The Labute approximate surface area is 119 Å². The van der Waals surface area contributed by atoms with E-state index in [0.717, 1.165) is 39.0 Å². The number of pyridine rings is 1. The van der Waals surface area contributed by atoms with Crippen LogP contribution in [0.1, 0.15) is 26.2 Å². The molecule has 0 aromatic carbocycles. The Hall–Kier alpha value is -0.870. The molecule has 1 unspecified atom stereocenters. The predicted molar refractivity (Wildman–Crippen MR) is 77.3 cm³/mol. The monoisotopic (exact) mass is 285 g/mol. The molecule has 106 valence electrons. The van der Waals surface area contributed by atoms with Gasteiger partial charge in [0.15, 0.2) is 11.6 Å². The molecule has 0 bridgehead atoms. The summed E-state index contributed by atoms with van der Waals surface area (Å²) < 4.78 is 13.9. The highest BCUT2D eigenvalue weighted by molar-refractivity contribution is 6.30. The van der Waals surface area contributed by atoms with Crippen molar-refractivity contribution in [3.05, 3.63) is 23.1 Å². The molecule has 0 radical (unpaired) electrons. The van der Waals surface area contributed by atoms with Gasteiger partial charge in [0.2, 0.25) is 0 Å². The molecule has 0 aliphatic carbocycles. The molecule has 1 N–H and O–H groups in total. The maximum atomic E-state index is 13.9. The number of nitrogens with one attached hydrogen (secondary N) is 1. The van der Waals surface area contributed by atoms with Gasteiger partial charge in [-0.05, 0) is 44.3 Å². The summed E-state index contributed by atoms with van der Waals surface area (Å²) in [5.41, 5.74) is 0. The van der Waals surface area contributed by atoms with Crippen LogP contribution in [0, 0.1) is 11.7 Å². The molecule has 1 saturated heterocycles. The molecule has 2 heterocycles. The first-order chi connectivity index (χ1) is 9.20. The van der Waals surface area contributed by atoms with Gasteiger partial charge in [0.25, 0.3) is 0 Å². The smallest absolute Gasteiger partial charge is 0.167 e. The lowest BCUT2D eigenvalue weighted by Crippen LogP contribution is -2.40. The molecule has 1 atom stereocenters. The topological polar surface area (TPSA) is 28.2 Å². The predicted octanol–water partition coefficient (Wildman–Crippen LogP) is 3.09. The minimum Gasteiger partial charge on any atom is -0.354 e. The van der Waals surface area contributed by atoms with E-state index in [-0.39, 0.29) is 5.82 Å². The van der Waals surface area contributed by atoms with Crippen molar-refractivity contribution in [3.8, 4) is 0 Å². The molecule has 5 heteroatoms. The van der Waals surface area contributed by atoms with Gasteiger partial charge in [-0.2, -0.15) is 0 Å². The SMILES string of the molecule is CCCNCC1CCCN(c2ncc(Cl)cc2F)C1. The fraction of sp³-hybridized carbons (Fsp3) is 0.643. The normalized spacial score (nSPS) is 19.7. The highest BCUT2D eigenvalue weighted by atomic mass is 35.5. The fourth-order valence-corrected chi connectivity index (χ4v) is 2.69. The highest BCUT2D eigenvalue weighted by Gasteiger charge is 2.22. The lowest BCUT2D eigenvalue weighted by molar-refractivity contribution is 0.388. The second-order valence-corrected chi connectivity index (χ2v) is 5.55. The van der Waals surface area contributed by atoms with E-state index in [4.69, 9.17) is 11.6 Å². The van der Waals surface area contributed by atoms with E-state index in [2.05, 4.69) is 17.2 Å². The highest BCUT2D eigenvalue weighted by Crippen LogP contribution is 2.25. The zero-order chi connectivity index (χ0) is 13.7. The van der Waals surface area contributed by atoms with Crippen molar-refractivity contribution < 1.29 is 4.39 Å². The summed E-state index contributed by atoms with van der Waals surface area (Å²) in [5, 5.41) is 3.79. The lowest BCUT2D eigenvalue weighted by Gasteiger charge is -2.33. The van der Waals surface area contributed by atoms with Gasteiger partial charge in [0.1, 0.15) is 0 Å². The first-order valence-corrected chi connectivity index (χ1v) is 7.35. The maximum absolute atomic E-state index is 13.9.